The average molecular weight is 553 g/mol. The highest BCUT2D eigenvalue weighted by Crippen LogP contribution is 2.27. The lowest BCUT2D eigenvalue weighted by Crippen LogP contribution is -2.43. The molecule has 0 aliphatic heterocycles. The van der Waals surface area contributed by atoms with Crippen LogP contribution < -0.4 is 19.3 Å². The fraction of sp³-hybridized carbons (Fsp3) is 0.462. The molecule has 1 amide bonds. The maximum absolute atomic E-state index is 13.0. The van der Waals surface area contributed by atoms with Crippen molar-refractivity contribution >= 4 is 22.1 Å². The van der Waals surface area contributed by atoms with Crippen molar-refractivity contribution in [3.63, 3.8) is 0 Å². The molecule has 12 heteroatoms. The quantitative estimate of drug-likeness (QED) is 0.276. The molecule has 0 aliphatic carbocycles. The summed E-state index contributed by atoms with van der Waals surface area (Å²) in [6.07, 6.45) is -0.459. The Morgan fingerprint density at radius 2 is 1.63 bits per heavy atom. The van der Waals surface area contributed by atoms with Gasteiger partial charge in [-0.1, -0.05) is 32.0 Å². The highest BCUT2D eigenvalue weighted by atomic mass is 32.2. The topological polar surface area (TPSA) is 144 Å². The Morgan fingerprint density at radius 1 is 0.974 bits per heavy atom. The van der Waals surface area contributed by atoms with Crippen LogP contribution in [0.5, 0.6) is 17.2 Å². The van der Waals surface area contributed by atoms with E-state index in [1.165, 1.54) is 24.1 Å². The molecule has 2 rings (SSSR count). The van der Waals surface area contributed by atoms with Crippen molar-refractivity contribution in [2.24, 2.45) is 11.1 Å². The van der Waals surface area contributed by atoms with Crippen LogP contribution >= 0.6 is 0 Å². The molecule has 0 saturated carbocycles. The summed E-state index contributed by atoms with van der Waals surface area (Å²) in [6.45, 7) is 7.13. The van der Waals surface area contributed by atoms with Crippen LogP contribution in [0.25, 0.3) is 0 Å². The smallest absolute Gasteiger partial charge is 0.413 e. The van der Waals surface area contributed by atoms with E-state index < -0.39 is 34.9 Å². The molecular formula is C26H36N2O9S. The van der Waals surface area contributed by atoms with E-state index in [1.54, 1.807) is 39.0 Å². The summed E-state index contributed by atoms with van der Waals surface area (Å²) in [6, 6.07) is 11.3. The number of ether oxygens (including phenoxy) is 5. The zero-order valence-corrected chi connectivity index (χ0v) is 23.2. The van der Waals surface area contributed by atoms with Gasteiger partial charge in [-0.3, -0.25) is 4.79 Å². The number of benzene rings is 2. The number of hydrogen-bond acceptors (Lipinski definition) is 9. The predicted molar refractivity (Wildman–Crippen MR) is 140 cm³/mol. The first-order valence-corrected chi connectivity index (χ1v) is 13.7. The number of rotatable bonds is 14. The van der Waals surface area contributed by atoms with Crippen molar-refractivity contribution in [2.75, 3.05) is 33.7 Å². The second kappa shape index (κ2) is 14.4. The molecule has 0 aliphatic rings. The predicted octanol–water partition coefficient (Wildman–Crippen LogP) is 3.35. The molecular weight excluding hydrogens is 516 g/mol. The molecule has 0 heterocycles. The summed E-state index contributed by atoms with van der Waals surface area (Å²) >= 11 is 0. The number of nitrogens with zero attached hydrogens (tertiary/aromatic N) is 1. The lowest BCUT2D eigenvalue weighted by atomic mass is 10.1. The van der Waals surface area contributed by atoms with E-state index in [1.807, 2.05) is 19.1 Å². The summed E-state index contributed by atoms with van der Waals surface area (Å²) in [7, 11) is -2.68. The van der Waals surface area contributed by atoms with Crippen LogP contribution in [0.4, 0.5) is 4.79 Å². The van der Waals surface area contributed by atoms with E-state index in [0.29, 0.717) is 23.7 Å². The number of sulfonamides is 1. The maximum Gasteiger partial charge on any atom is 0.413 e. The van der Waals surface area contributed by atoms with Gasteiger partial charge in [0.25, 0.3) is 0 Å². The summed E-state index contributed by atoms with van der Waals surface area (Å²) in [5.74, 6) is 0.349. The molecule has 0 radical (unpaired) electrons. The normalized spacial score (nSPS) is 12.0. The molecule has 2 aromatic rings. The van der Waals surface area contributed by atoms with E-state index in [2.05, 4.69) is 0 Å². The number of para-hydroxylation sites is 2. The number of carbonyl (C=O) groups excluding carboxylic acids is 2. The number of amides is 1. The summed E-state index contributed by atoms with van der Waals surface area (Å²) in [4.78, 5) is 25.9. The minimum absolute atomic E-state index is 0.111. The third-order valence-electron chi connectivity index (χ3n) is 5.43. The minimum Gasteiger partial charge on any atom is -0.495 e. The molecule has 0 aromatic heterocycles. The van der Waals surface area contributed by atoms with E-state index >= 15 is 0 Å². The van der Waals surface area contributed by atoms with Crippen LogP contribution in [0.3, 0.4) is 0 Å². The van der Waals surface area contributed by atoms with E-state index in [-0.39, 0.29) is 36.1 Å². The van der Waals surface area contributed by atoms with Crippen molar-refractivity contribution in [1.82, 2.24) is 4.90 Å². The number of methoxy groups -OCH3 is 1. The molecule has 210 valence electrons. The monoisotopic (exact) mass is 552 g/mol. The number of nitrogens with two attached hydrogens (primary N) is 1. The molecule has 11 nitrogen and oxygen atoms in total. The van der Waals surface area contributed by atoms with Gasteiger partial charge in [0.05, 0.1) is 26.2 Å². The van der Waals surface area contributed by atoms with E-state index in [4.69, 9.17) is 28.8 Å². The highest BCUT2D eigenvalue weighted by Gasteiger charge is 2.24. The largest absolute Gasteiger partial charge is 0.495 e. The second-order valence-electron chi connectivity index (χ2n) is 8.65. The zero-order chi connectivity index (χ0) is 28.3. The molecule has 0 bridgehead atoms. The van der Waals surface area contributed by atoms with Crippen LogP contribution in [0.2, 0.25) is 0 Å². The number of esters is 1. The molecule has 0 spiro atoms. The zero-order valence-electron chi connectivity index (χ0n) is 22.3. The minimum atomic E-state index is -4.03. The Morgan fingerprint density at radius 3 is 2.21 bits per heavy atom. The molecule has 0 saturated heterocycles. The summed E-state index contributed by atoms with van der Waals surface area (Å²) in [5, 5.41) is 5.34. The SMILES string of the molecule is CCOc1ccccc1OCCN(C(=O)OCOC(=O)C(C)C)C(C)Cc1ccc(OC)c(S(N)(=O)=O)c1. The fourth-order valence-electron chi connectivity index (χ4n) is 3.50. The lowest BCUT2D eigenvalue weighted by molar-refractivity contribution is -0.156. The van der Waals surface area contributed by atoms with Gasteiger partial charge < -0.3 is 28.6 Å². The maximum atomic E-state index is 13.0. The van der Waals surface area contributed by atoms with Gasteiger partial charge in [0, 0.05) is 6.04 Å². The first kappa shape index (κ1) is 30.7. The Kier molecular flexibility index (Phi) is 11.7. The van der Waals surface area contributed by atoms with Crippen LogP contribution in [-0.2, 0) is 30.7 Å². The summed E-state index contributed by atoms with van der Waals surface area (Å²) in [5.41, 5.74) is 0.606. The van der Waals surface area contributed by atoms with Gasteiger partial charge in [0.15, 0.2) is 11.5 Å². The van der Waals surface area contributed by atoms with Crippen molar-refractivity contribution < 1.29 is 41.7 Å². The number of carbonyl (C=O) groups is 2. The van der Waals surface area contributed by atoms with Gasteiger partial charge in [-0.2, -0.15) is 0 Å². The van der Waals surface area contributed by atoms with Crippen LogP contribution in [0.15, 0.2) is 47.4 Å². The van der Waals surface area contributed by atoms with Gasteiger partial charge in [-0.25, -0.2) is 18.4 Å². The molecule has 1 atom stereocenters. The van der Waals surface area contributed by atoms with Gasteiger partial charge >= 0.3 is 12.1 Å². The van der Waals surface area contributed by atoms with E-state index in [0.717, 1.165) is 0 Å². The second-order valence-corrected chi connectivity index (χ2v) is 10.2. The Balaban J connectivity index is 2.18. The lowest BCUT2D eigenvalue weighted by Gasteiger charge is -2.29. The molecule has 1 unspecified atom stereocenters. The average Bonchev–Trinajstić information content (AvgIpc) is 2.86. The molecule has 2 aromatic carbocycles. The highest BCUT2D eigenvalue weighted by molar-refractivity contribution is 7.89. The van der Waals surface area contributed by atoms with Crippen molar-refractivity contribution in [3.8, 4) is 17.2 Å². The molecule has 2 N–H and O–H groups in total. The molecule has 38 heavy (non-hydrogen) atoms. The third kappa shape index (κ3) is 9.10. The Bertz CT molecular complexity index is 1180. The summed E-state index contributed by atoms with van der Waals surface area (Å²) < 4.78 is 50.7. The van der Waals surface area contributed by atoms with E-state index in [9.17, 15) is 18.0 Å². The van der Waals surface area contributed by atoms with Crippen LogP contribution in [0.1, 0.15) is 33.3 Å². The van der Waals surface area contributed by atoms with Crippen LogP contribution in [0, 0.1) is 5.92 Å². The first-order valence-electron chi connectivity index (χ1n) is 12.1. The van der Waals surface area contributed by atoms with Crippen LogP contribution in [-0.4, -0.2) is 65.1 Å². The Labute approximate surface area is 223 Å². The van der Waals surface area contributed by atoms with Crippen molar-refractivity contribution in [3.05, 3.63) is 48.0 Å². The standard InChI is InChI=1S/C26H36N2O9S/c1-6-34-21-9-7-8-10-22(21)35-14-13-28(26(30)37-17-36-25(29)18(2)3)19(4)15-20-11-12-23(33-5)24(16-20)38(27,31)32/h7-12,16,18-19H,6,13-15,17H2,1-5H3,(H2,27,31,32). The number of primary sulfonamides is 1. The Hall–Kier alpha value is -3.51. The first-order chi connectivity index (χ1) is 18.0. The molecule has 0 fully saturated rings. The van der Waals surface area contributed by atoms with Gasteiger partial charge in [-0.05, 0) is 50.1 Å². The van der Waals surface area contributed by atoms with Gasteiger partial charge in [0.2, 0.25) is 16.8 Å². The van der Waals surface area contributed by atoms with Gasteiger partial charge in [0.1, 0.15) is 17.3 Å². The van der Waals surface area contributed by atoms with Gasteiger partial charge in [-0.15, -0.1) is 0 Å². The fourth-order valence-corrected chi connectivity index (χ4v) is 4.25. The third-order valence-corrected chi connectivity index (χ3v) is 6.36. The van der Waals surface area contributed by atoms with Crippen molar-refractivity contribution in [2.45, 2.75) is 45.1 Å². The number of hydrogen-bond donors (Lipinski definition) is 1. The van der Waals surface area contributed by atoms with Crippen molar-refractivity contribution in [1.29, 1.82) is 0 Å².